The third kappa shape index (κ3) is 4.74. The maximum Gasteiger partial charge on any atom is 0.190 e. The van der Waals surface area contributed by atoms with E-state index in [0.717, 1.165) is 48.2 Å². The molecule has 0 aliphatic carbocycles. The van der Waals surface area contributed by atoms with Crippen molar-refractivity contribution in [2.24, 2.45) is 12.0 Å². The molecule has 24 heavy (non-hydrogen) atoms. The molecule has 1 aromatic heterocycles. The van der Waals surface area contributed by atoms with Crippen molar-refractivity contribution < 1.29 is 0 Å². The molecule has 0 saturated heterocycles. The first kappa shape index (κ1) is 18.3. The molecular weight excluding hydrogens is 322 g/mol. The second-order valence-corrected chi connectivity index (χ2v) is 6.20. The van der Waals surface area contributed by atoms with Crippen molar-refractivity contribution in [3.05, 3.63) is 51.8 Å². The number of guanidine groups is 1. The highest BCUT2D eigenvalue weighted by Crippen LogP contribution is 2.14. The minimum atomic E-state index is 0.786. The number of aliphatic imine (C=N–C) groups is 1. The Morgan fingerprint density at radius 3 is 2.42 bits per heavy atom. The van der Waals surface area contributed by atoms with E-state index in [9.17, 15) is 0 Å². The van der Waals surface area contributed by atoms with E-state index in [4.69, 9.17) is 11.6 Å². The average molecular weight is 348 g/mol. The number of hydrogen-bond acceptors (Lipinski definition) is 2. The lowest BCUT2D eigenvalue weighted by molar-refractivity contribution is 0.728. The topological polar surface area (TPSA) is 54.2 Å². The van der Waals surface area contributed by atoms with Crippen LogP contribution in [0.4, 0.5) is 0 Å². The summed E-state index contributed by atoms with van der Waals surface area (Å²) in [6.07, 6.45) is 1.79. The van der Waals surface area contributed by atoms with E-state index in [1.54, 1.807) is 7.05 Å². The number of aryl methyl sites for hydroxylation is 2. The predicted molar refractivity (Wildman–Crippen MR) is 101 cm³/mol. The molecule has 1 aromatic carbocycles. The summed E-state index contributed by atoms with van der Waals surface area (Å²) in [6, 6.07) is 7.92. The van der Waals surface area contributed by atoms with Gasteiger partial charge in [-0.3, -0.25) is 9.67 Å². The molecule has 0 saturated carbocycles. The lowest BCUT2D eigenvalue weighted by atomic mass is 10.1. The van der Waals surface area contributed by atoms with Crippen molar-refractivity contribution in [3.63, 3.8) is 0 Å². The van der Waals surface area contributed by atoms with Gasteiger partial charge >= 0.3 is 0 Å². The van der Waals surface area contributed by atoms with Gasteiger partial charge in [-0.05, 0) is 43.9 Å². The van der Waals surface area contributed by atoms with Crippen LogP contribution >= 0.6 is 11.6 Å². The zero-order valence-electron chi connectivity index (χ0n) is 14.9. The van der Waals surface area contributed by atoms with Gasteiger partial charge in [0.1, 0.15) is 0 Å². The molecule has 0 fully saturated rings. The number of aromatic nitrogens is 2. The molecule has 2 aromatic rings. The number of halogens is 1. The second-order valence-electron chi connectivity index (χ2n) is 5.79. The van der Waals surface area contributed by atoms with Crippen LogP contribution in [0.2, 0.25) is 5.02 Å². The number of benzene rings is 1. The Morgan fingerprint density at radius 1 is 1.17 bits per heavy atom. The Morgan fingerprint density at radius 2 is 1.83 bits per heavy atom. The van der Waals surface area contributed by atoms with Crippen molar-refractivity contribution >= 4 is 17.6 Å². The van der Waals surface area contributed by atoms with Gasteiger partial charge in [0.05, 0.1) is 5.69 Å². The van der Waals surface area contributed by atoms with Crippen LogP contribution in [0.1, 0.15) is 22.5 Å². The summed E-state index contributed by atoms with van der Waals surface area (Å²) in [5, 5.41) is 11.9. The minimum Gasteiger partial charge on any atom is -0.356 e. The van der Waals surface area contributed by atoms with Gasteiger partial charge in [-0.25, -0.2) is 0 Å². The van der Waals surface area contributed by atoms with Crippen LogP contribution in [0.25, 0.3) is 0 Å². The van der Waals surface area contributed by atoms with Gasteiger partial charge in [-0.15, -0.1) is 0 Å². The normalized spacial score (nSPS) is 11.6. The monoisotopic (exact) mass is 347 g/mol. The molecule has 6 heteroatoms. The van der Waals surface area contributed by atoms with Gasteiger partial charge in [0.25, 0.3) is 0 Å². The van der Waals surface area contributed by atoms with Crippen molar-refractivity contribution in [2.75, 3.05) is 20.1 Å². The van der Waals surface area contributed by atoms with Gasteiger partial charge in [0.2, 0.25) is 0 Å². The summed E-state index contributed by atoms with van der Waals surface area (Å²) in [7, 11) is 3.76. The molecule has 0 aliphatic heterocycles. The fourth-order valence-electron chi connectivity index (χ4n) is 2.72. The summed E-state index contributed by atoms with van der Waals surface area (Å²) in [6.45, 7) is 5.76. The highest BCUT2D eigenvalue weighted by molar-refractivity contribution is 6.31. The second kappa shape index (κ2) is 8.73. The van der Waals surface area contributed by atoms with E-state index in [0.29, 0.717) is 0 Å². The van der Waals surface area contributed by atoms with Gasteiger partial charge in [0, 0.05) is 37.9 Å². The minimum absolute atomic E-state index is 0.786. The van der Waals surface area contributed by atoms with Crippen molar-refractivity contribution in [1.29, 1.82) is 0 Å². The van der Waals surface area contributed by atoms with Crippen molar-refractivity contribution in [1.82, 2.24) is 20.4 Å². The van der Waals surface area contributed by atoms with Crippen LogP contribution in [-0.4, -0.2) is 35.9 Å². The van der Waals surface area contributed by atoms with Crippen LogP contribution in [0.5, 0.6) is 0 Å². The van der Waals surface area contributed by atoms with Crippen molar-refractivity contribution in [2.45, 2.75) is 26.7 Å². The molecule has 0 bridgehead atoms. The van der Waals surface area contributed by atoms with Gasteiger partial charge < -0.3 is 10.6 Å². The van der Waals surface area contributed by atoms with E-state index < -0.39 is 0 Å². The maximum atomic E-state index is 6.17. The number of hydrogen-bond donors (Lipinski definition) is 2. The van der Waals surface area contributed by atoms with Gasteiger partial charge in [0.15, 0.2) is 5.96 Å². The van der Waals surface area contributed by atoms with Gasteiger partial charge in [-0.1, -0.05) is 29.8 Å². The Balaban J connectivity index is 1.78. The number of nitrogens with one attached hydrogen (secondary N) is 2. The van der Waals surface area contributed by atoms with Crippen LogP contribution < -0.4 is 10.6 Å². The molecule has 0 atom stereocenters. The third-order valence-electron chi connectivity index (χ3n) is 4.19. The Kier molecular flexibility index (Phi) is 6.67. The highest BCUT2D eigenvalue weighted by atomic mass is 35.5. The fraction of sp³-hybridized carbons (Fsp3) is 0.444. The fourth-order valence-corrected chi connectivity index (χ4v) is 2.95. The third-order valence-corrected chi connectivity index (χ3v) is 4.56. The Labute approximate surface area is 149 Å². The number of nitrogens with zero attached hydrogens (tertiary/aromatic N) is 3. The standard InChI is InChI=1S/C18H26ClN5/c1-13-16(14(2)24(4)23-13)10-12-22-18(20-3)21-11-9-15-7-5-6-8-17(15)19/h5-8H,9-12H2,1-4H3,(H2,20,21,22). The first-order valence-corrected chi connectivity index (χ1v) is 8.57. The summed E-state index contributed by atoms with van der Waals surface area (Å²) in [5.41, 5.74) is 4.76. The largest absolute Gasteiger partial charge is 0.356 e. The quantitative estimate of drug-likeness (QED) is 0.624. The molecular formula is C18H26ClN5. The average Bonchev–Trinajstić information content (AvgIpc) is 2.81. The van der Waals surface area contributed by atoms with Crippen LogP contribution in [0.15, 0.2) is 29.3 Å². The first-order chi connectivity index (χ1) is 11.5. The van der Waals surface area contributed by atoms with Crippen LogP contribution in [0, 0.1) is 13.8 Å². The van der Waals surface area contributed by atoms with E-state index in [1.165, 1.54) is 11.3 Å². The van der Waals surface area contributed by atoms with E-state index in [2.05, 4.69) is 34.6 Å². The molecule has 1 heterocycles. The molecule has 0 spiro atoms. The summed E-state index contributed by atoms with van der Waals surface area (Å²) >= 11 is 6.17. The summed E-state index contributed by atoms with van der Waals surface area (Å²) in [4.78, 5) is 4.26. The molecule has 0 aliphatic rings. The van der Waals surface area contributed by atoms with E-state index in [1.807, 2.05) is 36.0 Å². The molecule has 2 rings (SSSR count). The molecule has 0 unspecified atom stereocenters. The highest BCUT2D eigenvalue weighted by Gasteiger charge is 2.09. The van der Waals surface area contributed by atoms with E-state index in [-0.39, 0.29) is 0 Å². The lowest BCUT2D eigenvalue weighted by Gasteiger charge is -2.12. The molecule has 2 N–H and O–H groups in total. The van der Waals surface area contributed by atoms with E-state index >= 15 is 0 Å². The SMILES string of the molecule is CN=C(NCCc1ccccc1Cl)NCCc1c(C)nn(C)c1C. The first-order valence-electron chi connectivity index (χ1n) is 8.20. The van der Waals surface area contributed by atoms with Crippen LogP contribution in [-0.2, 0) is 19.9 Å². The number of rotatable bonds is 6. The Bertz CT molecular complexity index is 705. The smallest absolute Gasteiger partial charge is 0.190 e. The van der Waals surface area contributed by atoms with Gasteiger partial charge in [-0.2, -0.15) is 5.10 Å². The van der Waals surface area contributed by atoms with Crippen LogP contribution in [0.3, 0.4) is 0 Å². The Hall–Kier alpha value is -2.01. The van der Waals surface area contributed by atoms with Crippen molar-refractivity contribution in [3.8, 4) is 0 Å². The maximum absolute atomic E-state index is 6.17. The summed E-state index contributed by atoms with van der Waals surface area (Å²) < 4.78 is 1.93. The lowest BCUT2D eigenvalue weighted by Crippen LogP contribution is -2.39. The zero-order valence-corrected chi connectivity index (χ0v) is 15.6. The molecule has 0 amide bonds. The molecule has 5 nitrogen and oxygen atoms in total. The molecule has 130 valence electrons. The summed E-state index contributed by atoms with van der Waals surface area (Å²) in [5.74, 6) is 0.807. The predicted octanol–water partition coefficient (Wildman–Crippen LogP) is 2.64. The zero-order chi connectivity index (χ0) is 17.5. The molecule has 0 radical (unpaired) electrons.